The highest BCUT2D eigenvalue weighted by molar-refractivity contribution is 9.10. The van der Waals surface area contributed by atoms with Crippen LogP contribution in [0.3, 0.4) is 0 Å². The summed E-state index contributed by atoms with van der Waals surface area (Å²) >= 11 is 3.17. The highest BCUT2D eigenvalue weighted by atomic mass is 79.9. The molecular formula is C9H9BrN2O3. The van der Waals surface area contributed by atoms with Crippen LogP contribution in [-0.4, -0.2) is 23.5 Å². The molecule has 0 atom stereocenters. The SMILES string of the molecule is NC(=O)c1c(Br)cccc1NCC(=O)O. The molecule has 0 spiro atoms. The van der Waals surface area contributed by atoms with Gasteiger partial charge >= 0.3 is 5.97 Å². The van der Waals surface area contributed by atoms with Gasteiger partial charge in [-0.2, -0.15) is 0 Å². The summed E-state index contributed by atoms with van der Waals surface area (Å²) in [6.07, 6.45) is 0. The Kier molecular flexibility index (Phi) is 3.68. The van der Waals surface area contributed by atoms with Gasteiger partial charge in [0.25, 0.3) is 5.91 Å². The van der Waals surface area contributed by atoms with Gasteiger partial charge in [0.1, 0.15) is 6.54 Å². The second-order valence-corrected chi connectivity index (χ2v) is 3.63. The molecule has 1 amide bonds. The van der Waals surface area contributed by atoms with Gasteiger partial charge in [-0.1, -0.05) is 6.07 Å². The summed E-state index contributed by atoms with van der Waals surface area (Å²) in [6.45, 7) is -0.267. The monoisotopic (exact) mass is 272 g/mol. The fraction of sp³-hybridized carbons (Fsp3) is 0.111. The summed E-state index contributed by atoms with van der Waals surface area (Å²) in [6, 6.07) is 4.93. The van der Waals surface area contributed by atoms with E-state index in [9.17, 15) is 9.59 Å². The number of nitrogens with two attached hydrogens (primary N) is 1. The standard InChI is InChI=1S/C9H9BrN2O3/c10-5-2-1-3-6(8(5)9(11)15)12-4-7(13)14/h1-3,12H,4H2,(H2,11,15)(H,13,14). The highest BCUT2D eigenvalue weighted by Gasteiger charge is 2.12. The van der Waals surface area contributed by atoms with Gasteiger partial charge in [-0.25, -0.2) is 0 Å². The number of amides is 1. The summed E-state index contributed by atoms with van der Waals surface area (Å²) in [5.74, 6) is -1.62. The lowest BCUT2D eigenvalue weighted by Gasteiger charge is -2.09. The minimum atomic E-state index is -1.01. The molecular weight excluding hydrogens is 264 g/mol. The van der Waals surface area contributed by atoms with E-state index in [1.165, 1.54) is 0 Å². The number of halogens is 1. The number of hydrogen-bond acceptors (Lipinski definition) is 3. The van der Waals surface area contributed by atoms with Crippen LogP contribution in [0.25, 0.3) is 0 Å². The van der Waals surface area contributed by atoms with Crippen LogP contribution in [0.5, 0.6) is 0 Å². The van der Waals surface area contributed by atoms with E-state index in [-0.39, 0.29) is 12.1 Å². The van der Waals surface area contributed by atoms with E-state index in [0.717, 1.165) is 0 Å². The lowest BCUT2D eigenvalue weighted by Crippen LogP contribution is -2.18. The number of benzene rings is 1. The molecule has 5 nitrogen and oxygen atoms in total. The normalized spacial score (nSPS) is 9.67. The van der Waals surface area contributed by atoms with E-state index in [0.29, 0.717) is 10.2 Å². The summed E-state index contributed by atoms with van der Waals surface area (Å²) in [7, 11) is 0. The third-order valence-electron chi connectivity index (χ3n) is 1.69. The topological polar surface area (TPSA) is 92.4 Å². The van der Waals surface area contributed by atoms with Crippen molar-refractivity contribution in [1.82, 2.24) is 0 Å². The maximum absolute atomic E-state index is 11.1. The van der Waals surface area contributed by atoms with E-state index < -0.39 is 11.9 Å². The predicted octanol–water partition coefficient (Wildman–Crippen LogP) is 1.04. The highest BCUT2D eigenvalue weighted by Crippen LogP contribution is 2.23. The van der Waals surface area contributed by atoms with Crippen molar-refractivity contribution in [3.63, 3.8) is 0 Å². The Balaban J connectivity index is 3.01. The number of hydrogen-bond donors (Lipinski definition) is 3. The molecule has 0 heterocycles. The van der Waals surface area contributed by atoms with Gasteiger partial charge in [0, 0.05) is 10.2 Å². The van der Waals surface area contributed by atoms with Crippen LogP contribution in [0.1, 0.15) is 10.4 Å². The van der Waals surface area contributed by atoms with Crippen molar-refractivity contribution in [2.24, 2.45) is 5.73 Å². The second kappa shape index (κ2) is 4.79. The van der Waals surface area contributed by atoms with Gasteiger partial charge in [0.15, 0.2) is 0 Å². The number of anilines is 1. The van der Waals surface area contributed by atoms with Crippen molar-refractivity contribution >= 4 is 33.5 Å². The van der Waals surface area contributed by atoms with E-state index >= 15 is 0 Å². The smallest absolute Gasteiger partial charge is 0.322 e. The maximum atomic E-state index is 11.1. The number of carbonyl (C=O) groups is 2. The van der Waals surface area contributed by atoms with E-state index in [4.69, 9.17) is 10.8 Å². The minimum absolute atomic E-state index is 0.249. The van der Waals surface area contributed by atoms with Crippen molar-refractivity contribution in [3.8, 4) is 0 Å². The van der Waals surface area contributed by atoms with Crippen molar-refractivity contribution < 1.29 is 14.7 Å². The zero-order valence-corrected chi connectivity index (χ0v) is 9.24. The molecule has 0 saturated carbocycles. The zero-order chi connectivity index (χ0) is 11.4. The van der Waals surface area contributed by atoms with Crippen LogP contribution < -0.4 is 11.1 Å². The van der Waals surface area contributed by atoms with E-state index in [2.05, 4.69) is 21.2 Å². The average Bonchev–Trinajstić information content (AvgIpc) is 2.13. The largest absolute Gasteiger partial charge is 0.480 e. The van der Waals surface area contributed by atoms with Crippen molar-refractivity contribution in [3.05, 3.63) is 28.2 Å². The van der Waals surface area contributed by atoms with Crippen LogP contribution in [-0.2, 0) is 4.79 Å². The number of rotatable bonds is 4. The first-order valence-corrected chi connectivity index (χ1v) is 4.85. The Morgan fingerprint density at radius 3 is 2.67 bits per heavy atom. The van der Waals surface area contributed by atoms with Crippen LogP contribution in [0.4, 0.5) is 5.69 Å². The minimum Gasteiger partial charge on any atom is -0.480 e. The lowest BCUT2D eigenvalue weighted by atomic mass is 10.1. The third-order valence-corrected chi connectivity index (χ3v) is 2.35. The first kappa shape index (κ1) is 11.5. The molecule has 1 rings (SSSR count). The van der Waals surface area contributed by atoms with Crippen LogP contribution in [0.2, 0.25) is 0 Å². The van der Waals surface area contributed by atoms with Crippen molar-refractivity contribution in [1.29, 1.82) is 0 Å². The summed E-state index contributed by atoms with van der Waals surface area (Å²) in [5, 5.41) is 11.1. The molecule has 0 bridgehead atoms. The fourth-order valence-electron chi connectivity index (χ4n) is 1.09. The number of aliphatic carboxylic acids is 1. The van der Waals surface area contributed by atoms with E-state index in [1.54, 1.807) is 18.2 Å². The predicted molar refractivity (Wildman–Crippen MR) is 58.8 cm³/mol. The fourth-order valence-corrected chi connectivity index (χ4v) is 1.65. The number of carboxylic acids is 1. The third kappa shape index (κ3) is 2.95. The molecule has 0 aromatic heterocycles. The molecule has 0 aliphatic carbocycles. The molecule has 0 unspecified atom stereocenters. The number of nitrogens with one attached hydrogen (secondary N) is 1. The molecule has 1 aromatic rings. The van der Waals surface area contributed by atoms with Crippen LogP contribution in [0.15, 0.2) is 22.7 Å². The van der Waals surface area contributed by atoms with Gasteiger partial charge in [-0.05, 0) is 28.1 Å². The first-order valence-electron chi connectivity index (χ1n) is 4.06. The van der Waals surface area contributed by atoms with Crippen molar-refractivity contribution in [2.45, 2.75) is 0 Å². The molecule has 6 heteroatoms. The summed E-state index contributed by atoms with van der Waals surface area (Å²) < 4.78 is 0.533. The van der Waals surface area contributed by atoms with Crippen LogP contribution in [0, 0.1) is 0 Å². The summed E-state index contributed by atoms with van der Waals surface area (Å²) in [4.78, 5) is 21.4. The molecule has 0 aliphatic heterocycles. The molecule has 0 aliphatic rings. The van der Waals surface area contributed by atoms with Crippen molar-refractivity contribution in [2.75, 3.05) is 11.9 Å². The molecule has 4 N–H and O–H groups in total. The Labute approximate surface area is 94.4 Å². The second-order valence-electron chi connectivity index (χ2n) is 2.77. The molecule has 1 aromatic carbocycles. The Morgan fingerprint density at radius 1 is 1.47 bits per heavy atom. The Hall–Kier alpha value is -1.56. The lowest BCUT2D eigenvalue weighted by molar-refractivity contribution is -0.134. The zero-order valence-electron chi connectivity index (χ0n) is 7.66. The average molecular weight is 273 g/mol. The van der Waals surface area contributed by atoms with Crippen LogP contribution >= 0.6 is 15.9 Å². The molecule has 0 saturated heterocycles. The molecule has 80 valence electrons. The van der Waals surface area contributed by atoms with Gasteiger partial charge in [-0.3, -0.25) is 9.59 Å². The quantitative estimate of drug-likeness (QED) is 0.764. The maximum Gasteiger partial charge on any atom is 0.322 e. The van der Waals surface area contributed by atoms with E-state index in [1.807, 2.05) is 0 Å². The first-order chi connectivity index (χ1) is 7.02. The van der Waals surface area contributed by atoms with Gasteiger partial charge < -0.3 is 16.2 Å². The number of carbonyl (C=O) groups excluding carboxylic acids is 1. The van der Waals surface area contributed by atoms with Gasteiger partial charge in [0.2, 0.25) is 0 Å². The van der Waals surface area contributed by atoms with Gasteiger partial charge in [0.05, 0.1) is 5.56 Å². The molecule has 0 fully saturated rings. The van der Waals surface area contributed by atoms with Gasteiger partial charge in [-0.15, -0.1) is 0 Å². The number of carboxylic acid groups (broad SMARTS) is 1. The summed E-state index contributed by atoms with van der Waals surface area (Å²) in [5.41, 5.74) is 5.82. The molecule has 0 radical (unpaired) electrons. The Morgan fingerprint density at radius 2 is 2.13 bits per heavy atom. The number of primary amides is 1. The molecule has 15 heavy (non-hydrogen) atoms. The Bertz CT molecular complexity index is 406.